The summed E-state index contributed by atoms with van der Waals surface area (Å²) in [5, 5.41) is 0. The minimum Gasteiger partial charge on any atom is -0.349 e. The normalized spacial score (nSPS) is 11.7. The molecule has 0 unspecified atom stereocenters. The molecule has 0 aliphatic rings. The highest BCUT2D eigenvalue weighted by molar-refractivity contribution is 9.10. The van der Waals surface area contributed by atoms with Gasteiger partial charge in [-0.05, 0) is 39.7 Å². The monoisotopic (exact) mass is 349 g/mol. The van der Waals surface area contributed by atoms with Crippen LogP contribution in [-0.2, 0) is 6.54 Å². The van der Waals surface area contributed by atoms with Crippen LogP contribution in [0.2, 0.25) is 0 Å². The smallest absolute Gasteiger partial charge is 0.349 e. The van der Waals surface area contributed by atoms with E-state index >= 15 is 0 Å². The fourth-order valence-electron chi connectivity index (χ4n) is 1.69. The lowest BCUT2D eigenvalue weighted by Gasteiger charge is -2.05. The molecule has 0 spiro atoms. The molecular formula is C13H8BrF4NO. The predicted octanol–water partition coefficient (Wildman–Crippen LogP) is 4.18. The fourth-order valence-corrected chi connectivity index (χ4v) is 2.11. The van der Waals surface area contributed by atoms with Crippen LogP contribution >= 0.6 is 15.9 Å². The Balaban J connectivity index is 2.17. The summed E-state index contributed by atoms with van der Waals surface area (Å²) in [6.07, 6.45) is -2.39. The van der Waals surface area contributed by atoms with E-state index < -0.39 is 23.3 Å². The summed E-state index contributed by atoms with van der Waals surface area (Å²) in [7, 11) is 0. The van der Waals surface area contributed by atoms with Crippen LogP contribution in [0.4, 0.5) is 17.6 Å². The largest absolute Gasteiger partial charge is 0.454 e. The van der Waals surface area contributed by atoms with Crippen LogP contribution in [0.1, 0.15) is 15.9 Å². The number of hydrogen-bond donors (Lipinski definition) is 0. The van der Waals surface area contributed by atoms with Crippen LogP contribution in [0.15, 0.2) is 41.1 Å². The molecule has 0 bridgehead atoms. The van der Waals surface area contributed by atoms with Crippen LogP contribution in [-0.4, -0.2) is 16.5 Å². The Kier molecular flexibility index (Phi) is 3.99. The second kappa shape index (κ2) is 5.40. The Bertz CT molecular complexity index is 648. The first kappa shape index (κ1) is 14.8. The van der Waals surface area contributed by atoms with Crippen molar-refractivity contribution in [3.8, 4) is 0 Å². The van der Waals surface area contributed by atoms with Crippen molar-refractivity contribution in [2.45, 2.75) is 12.7 Å². The molecule has 106 valence electrons. The molecule has 2 rings (SSSR count). The summed E-state index contributed by atoms with van der Waals surface area (Å²) >= 11 is 3.03. The van der Waals surface area contributed by atoms with Gasteiger partial charge in [0, 0.05) is 24.5 Å². The summed E-state index contributed by atoms with van der Waals surface area (Å²) < 4.78 is 51.5. The number of rotatable bonds is 3. The van der Waals surface area contributed by atoms with E-state index in [0.29, 0.717) is 5.56 Å². The summed E-state index contributed by atoms with van der Waals surface area (Å²) in [6, 6.07) is 5.41. The Morgan fingerprint density at radius 3 is 2.55 bits per heavy atom. The molecule has 2 nitrogen and oxygen atoms in total. The molecular weight excluding hydrogens is 342 g/mol. The molecule has 0 N–H and O–H groups in total. The van der Waals surface area contributed by atoms with E-state index in [-0.39, 0.29) is 11.0 Å². The van der Waals surface area contributed by atoms with Gasteiger partial charge in [0.2, 0.25) is 0 Å². The van der Waals surface area contributed by atoms with Crippen molar-refractivity contribution in [2.75, 3.05) is 0 Å². The maximum atomic E-state index is 13.1. The third-order valence-corrected chi connectivity index (χ3v) is 3.23. The number of nitrogens with zero attached hydrogens (tertiary/aromatic N) is 1. The summed E-state index contributed by atoms with van der Waals surface area (Å²) in [6.45, 7) is 0.240. The van der Waals surface area contributed by atoms with E-state index in [1.54, 1.807) is 0 Å². The van der Waals surface area contributed by atoms with E-state index in [0.717, 1.165) is 12.3 Å². The highest BCUT2D eigenvalue weighted by atomic mass is 79.9. The van der Waals surface area contributed by atoms with Crippen LogP contribution in [0.25, 0.3) is 0 Å². The van der Waals surface area contributed by atoms with E-state index in [2.05, 4.69) is 15.9 Å². The molecule has 2 aromatic rings. The quantitative estimate of drug-likeness (QED) is 0.601. The van der Waals surface area contributed by atoms with Gasteiger partial charge in [0.1, 0.15) is 5.82 Å². The lowest BCUT2D eigenvalue weighted by atomic mass is 10.2. The van der Waals surface area contributed by atoms with Crippen LogP contribution in [0, 0.1) is 5.82 Å². The number of carbonyl (C=O) groups excluding carboxylic acids is 1. The van der Waals surface area contributed by atoms with Crippen LogP contribution in [0.3, 0.4) is 0 Å². The van der Waals surface area contributed by atoms with Crippen LogP contribution < -0.4 is 0 Å². The molecule has 0 saturated carbocycles. The number of halogens is 5. The zero-order chi connectivity index (χ0) is 14.9. The lowest BCUT2D eigenvalue weighted by molar-refractivity contribution is -0.0885. The number of ketones is 1. The van der Waals surface area contributed by atoms with Crippen molar-refractivity contribution in [1.29, 1.82) is 0 Å². The molecule has 1 aromatic heterocycles. The standard InChI is InChI=1S/C13H8BrF4NO/c14-10-5-8(1-2-11(10)15)6-19-4-3-9(7-19)12(20)13(16,17)18/h1-5,7H,6H2. The Labute approximate surface area is 120 Å². The van der Waals surface area contributed by atoms with Crippen molar-refractivity contribution in [3.63, 3.8) is 0 Å². The number of carbonyl (C=O) groups is 1. The maximum Gasteiger partial charge on any atom is 0.454 e. The van der Waals surface area contributed by atoms with Gasteiger partial charge >= 0.3 is 6.18 Å². The summed E-state index contributed by atoms with van der Waals surface area (Å²) in [4.78, 5) is 11.0. The predicted molar refractivity (Wildman–Crippen MR) is 68.0 cm³/mol. The number of hydrogen-bond acceptors (Lipinski definition) is 1. The van der Waals surface area contributed by atoms with Crippen molar-refractivity contribution in [1.82, 2.24) is 4.57 Å². The highest BCUT2D eigenvalue weighted by Crippen LogP contribution is 2.22. The van der Waals surface area contributed by atoms with Gasteiger partial charge < -0.3 is 4.57 Å². The lowest BCUT2D eigenvalue weighted by Crippen LogP contribution is -2.22. The SMILES string of the molecule is O=C(c1ccn(Cc2ccc(F)c(Br)c2)c1)C(F)(F)F. The van der Waals surface area contributed by atoms with Gasteiger partial charge in [0.15, 0.2) is 0 Å². The van der Waals surface area contributed by atoms with Gasteiger partial charge in [-0.2, -0.15) is 13.2 Å². The molecule has 1 aromatic carbocycles. The van der Waals surface area contributed by atoms with Gasteiger partial charge in [-0.15, -0.1) is 0 Å². The first-order chi connectivity index (χ1) is 9.27. The van der Waals surface area contributed by atoms with E-state index in [4.69, 9.17) is 0 Å². The average Bonchev–Trinajstić information content (AvgIpc) is 2.80. The fraction of sp³-hybridized carbons (Fsp3) is 0.154. The Hall–Kier alpha value is -1.63. The Morgan fingerprint density at radius 1 is 1.25 bits per heavy atom. The zero-order valence-electron chi connectivity index (χ0n) is 9.92. The highest BCUT2D eigenvalue weighted by Gasteiger charge is 2.39. The average molecular weight is 350 g/mol. The van der Waals surface area contributed by atoms with Gasteiger partial charge in [-0.1, -0.05) is 6.07 Å². The second-order valence-corrected chi connectivity index (χ2v) is 5.00. The number of benzene rings is 1. The minimum absolute atomic E-state index is 0.240. The molecule has 0 saturated heterocycles. The van der Waals surface area contributed by atoms with Gasteiger partial charge in [-0.25, -0.2) is 4.39 Å². The summed E-state index contributed by atoms with van der Waals surface area (Å²) in [5.74, 6) is -2.30. The molecule has 0 atom stereocenters. The van der Waals surface area contributed by atoms with Crippen molar-refractivity contribution in [3.05, 3.63) is 58.1 Å². The minimum atomic E-state index is -4.88. The molecule has 0 amide bonds. The second-order valence-electron chi connectivity index (χ2n) is 4.15. The van der Waals surface area contributed by atoms with Crippen molar-refractivity contribution < 1.29 is 22.4 Å². The van der Waals surface area contributed by atoms with Gasteiger partial charge in [0.05, 0.1) is 4.47 Å². The molecule has 0 radical (unpaired) electrons. The number of alkyl halides is 3. The third-order valence-electron chi connectivity index (χ3n) is 2.62. The number of aromatic nitrogens is 1. The van der Waals surface area contributed by atoms with Crippen LogP contribution in [0.5, 0.6) is 0 Å². The third kappa shape index (κ3) is 3.27. The first-order valence-electron chi connectivity index (χ1n) is 5.48. The molecule has 0 aliphatic carbocycles. The first-order valence-corrected chi connectivity index (χ1v) is 6.28. The van der Waals surface area contributed by atoms with Crippen molar-refractivity contribution >= 4 is 21.7 Å². The molecule has 20 heavy (non-hydrogen) atoms. The number of Topliss-reactive ketones (excluding diaryl/α,β-unsaturated/α-hetero) is 1. The topological polar surface area (TPSA) is 22.0 Å². The van der Waals surface area contributed by atoms with Crippen molar-refractivity contribution in [2.24, 2.45) is 0 Å². The molecule has 0 aliphatic heterocycles. The van der Waals surface area contributed by atoms with Gasteiger partial charge in [0.25, 0.3) is 5.78 Å². The maximum absolute atomic E-state index is 13.1. The Morgan fingerprint density at radius 2 is 1.95 bits per heavy atom. The molecule has 1 heterocycles. The molecule has 7 heteroatoms. The van der Waals surface area contributed by atoms with Gasteiger partial charge in [-0.3, -0.25) is 4.79 Å². The van der Waals surface area contributed by atoms with E-state index in [9.17, 15) is 22.4 Å². The molecule has 0 fully saturated rings. The van der Waals surface area contributed by atoms with E-state index in [1.807, 2.05) is 0 Å². The zero-order valence-corrected chi connectivity index (χ0v) is 11.5. The van der Waals surface area contributed by atoms with E-state index in [1.165, 1.54) is 29.0 Å². The summed E-state index contributed by atoms with van der Waals surface area (Å²) in [5.41, 5.74) is 0.276.